The van der Waals surface area contributed by atoms with Crippen molar-refractivity contribution in [2.45, 2.75) is 13.3 Å². The highest BCUT2D eigenvalue weighted by Gasteiger charge is 2.12. The molecular weight excluding hydrogens is 260 g/mol. The first-order chi connectivity index (χ1) is 7.10. The Morgan fingerprint density at radius 2 is 2.20 bits per heavy atom. The van der Waals surface area contributed by atoms with E-state index in [-0.39, 0.29) is 12.4 Å². The van der Waals surface area contributed by atoms with Gasteiger partial charge in [0.05, 0.1) is 13.5 Å². The molecule has 0 aliphatic heterocycles. The van der Waals surface area contributed by atoms with Crippen LogP contribution in [0.2, 0.25) is 0 Å². The Morgan fingerprint density at radius 3 is 2.73 bits per heavy atom. The zero-order valence-electron chi connectivity index (χ0n) is 8.54. The standard InChI is InChI=1S/C11H11BrO3/c1-7-3-4-8(6-13)11(12)9(7)5-10(14)15-2/h3-4,6H,5H2,1-2H3. The lowest BCUT2D eigenvalue weighted by molar-refractivity contribution is -0.139. The molecule has 0 fully saturated rings. The van der Waals surface area contributed by atoms with Crippen molar-refractivity contribution < 1.29 is 14.3 Å². The van der Waals surface area contributed by atoms with Crippen LogP contribution in [0.15, 0.2) is 16.6 Å². The SMILES string of the molecule is COC(=O)Cc1c(C)ccc(C=O)c1Br. The number of aldehydes is 1. The van der Waals surface area contributed by atoms with E-state index in [1.807, 2.05) is 13.0 Å². The number of rotatable bonds is 3. The second-order valence-corrected chi connectivity index (χ2v) is 3.93. The molecule has 1 rings (SSSR count). The molecule has 0 aliphatic carbocycles. The largest absolute Gasteiger partial charge is 0.469 e. The van der Waals surface area contributed by atoms with Crippen molar-refractivity contribution in [2.75, 3.05) is 7.11 Å². The highest BCUT2D eigenvalue weighted by atomic mass is 79.9. The van der Waals surface area contributed by atoms with Crippen molar-refractivity contribution in [1.82, 2.24) is 0 Å². The molecule has 0 atom stereocenters. The van der Waals surface area contributed by atoms with Crippen molar-refractivity contribution in [3.63, 3.8) is 0 Å². The fourth-order valence-electron chi connectivity index (χ4n) is 1.26. The lowest BCUT2D eigenvalue weighted by atomic mass is 10.0. The molecule has 0 N–H and O–H groups in total. The summed E-state index contributed by atoms with van der Waals surface area (Å²) in [5.74, 6) is -0.318. The third-order valence-corrected chi connectivity index (χ3v) is 3.12. The molecule has 0 aliphatic rings. The number of carbonyl (C=O) groups excluding carboxylic acids is 2. The molecule has 0 saturated carbocycles. The summed E-state index contributed by atoms with van der Waals surface area (Å²) in [6, 6.07) is 3.53. The van der Waals surface area contributed by atoms with Gasteiger partial charge in [0, 0.05) is 10.0 Å². The van der Waals surface area contributed by atoms with E-state index in [0.29, 0.717) is 10.0 Å². The van der Waals surface area contributed by atoms with Crippen molar-refractivity contribution in [3.8, 4) is 0 Å². The molecule has 0 unspecified atom stereocenters. The molecular formula is C11H11BrO3. The Hall–Kier alpha value is -1.16. The first-order valence-electron chi connectivity index (χ1n) is 4.40. The van der Waals surface area contributed by atoms with Gasteiger partial charge in [-0.3, -0.25) is 9.59 Å². The zero-order chi connectivity index (χ0) is 11.4. The maximum atomic E-state index is 11.2. The summed E-state index contributed by atoms with van der Waals surface area (Å²) in [6.45, 7) is 1.89. The zero-order valence-corrected chi connectivity index (χ0v) is 10.1. The molecule has 0 saturated heterocycles. The minimum atomic E-state index is -0.318. The minimum absolute atomic E-state index is 0.171. The molecule has 0 radical (unpaired) electrons. The van der Waals surface area contributed by atoms with E-state index in [0.717, 1.165) is 17.4 Å². The van der Waals surface area contributed by atoms with Crippen molar-refractivity contribution in [2.24, 2.45) is 0 Å². The number of halogens is 1. The number of benzene rings is 1. The third kappa shape index (κ3) is 2.65. The van der Waals surface area contributed by atoms with Gasteiger partial charge in [-0.05, 0) is 34.0 Å². The van der Waals surface area contributed by atoms with Gasteiger partial charge in [-0.25, -0.2) is 0 Å². The molecule has 3 nitrogen and oxygen atoms in total. The van der Waals surface area contributed by atoms with Crippen molar-refractivity contribution in [1.29, 1.82) is 0 Å². The molecule has 0 aromatic heterocycles. The number of hydrogen-bond acceptors (Lipinski definition) is 3. The topological polar surface area (TPSA) is 43.4 Å². The van der Waals surface area contributed by atoms with Crippen LogP contribution < -0.4 is 0 Å². The maximum Gasteiger partial charge on any atom is 0.310 e. The van der Waals surface area contributed by atoms with Crippen LogP contribution in [0.3, 0.4) is 0 Å². The van der Waals surface area contributed by atoms with Crippen molar-refractivity contribution >= 4 is 28.2 Å². The predicted molar refractivity (Wildman–Crippen MR) is 60.0 cm³/mol. The lowest BCUT2D eigenvalue weighted by Gasteiger charge is -2.08. The summed E-state index contributed by atoms with van der Waals surface area (Å²) < 4.78 is 5.26. The van der Waals surface area contributed by atoms with Gasteiger partial charge in [-0.1, -0.05) is 12.1 Å². The van der Waals surface area contributed by atoms with Crippen LogP contribution in [0.25, 0.3) is 0 Å². The molecule has 1 aromatic rings. The fraction of sp³-hybridized carbons (Fsp3) is 0.273. The van der Waals surface area contributed by atoms with Crippen LogP contribution in [-0.4, -0.2) is 19.4 Å². The molecule has 1 aromatic carbocycles. The van der Waals surface area contributed by atoms with E-state index in [2.05, 4.69) is 20.7 Å². The van der Waals surface area contributed by atoms with E-state index in [1.165, 1.54) is 7.11 Å². The van der Waals surface area contributed by atoms with Crippen LogP contribution in [0.5, 0.6) is 0 Å². The molecule has 0 spiro atoms. The number of methoxy groups -OCH3 is 1. The number of aryl methyl sites for hydroxylation is 1. The highest BCUT2D eigenvalue weighted by Crippen LogP contribution is 2.24. The fourth-order valence-corrected chi connectivity index (χ4v) is 1.94. The van der Waals surface area contributed by atoms with E-state index in [4.69, 9.17) is 0 Å². The highest BCUT2D eigenvalue weighted by molar-refractivity contribution is 9.10. The normalized spacial score (nSPS) is 9.80. The van der Waals surface area contributed by atoms with Crippen LogP contribution in [-0.2, 0) is 16.0 Å². The second-order valence-electron chi connectivity index (χ2n) is 3.13. The summed E-state index contributed by atoms with van der Waals surface area (Å²) in [6.07, 6.45) is 0.925. The van der Waals surface area contributed by atoms with E-state index >= 15 is 0 Å². The van der Waals surface area contributed by atoms with Crippen LogP contribution in [0.1, 0.15) is 21.5 Å². The monoisotopic (exact) mass is 270 g/mol. The average molecular weight is 271 g/mol. The molecule has 80 valence electrons. The lowest BCUT2D eigenvalue weighted by Crippen LogP contribution is -2.07. The summed E-state index contributed by atoms with van der Waals surface area (Å²) >= 11 is 3.31. The first kappa shape index (κ1) is 11.9. The molecule has 0 bridgehead atoms. The predicted octanol–water partition coefficient (Wildman–Crippen LogP) is 2.29. The number of carbonyl (C=O) groups is 2. The number of hydrogen-bond donors (Lipinski definition) is 0. The van der Waals surface area contributed by atoms with E-state index in [1.54, 1.807) is 6.07 Å². The molecule has 4 heteroatoms. The quantitative estimate of drug-likeness (QED) is 0.625. The molecule has 15 heavy (non-hydrogen) atoms. The van der Waals surface area contributed by atoms with Crippen LogP contribution in [0.4, 0.5) is 0 Å². The maximum absolute atomic E-state index is 11.2. The summed E-state index contributed by atoms with van der Waals surface area (Å²) in [5, 5.41) is 0. The van der Waals surface area contributed by atoms with Crippen LogP contribution in [0, 0.1) is 6.92 Å². The Morgan fingerprint density at radius 1 is 1.53 bits per heavy atom. The smallest absolute Gasteiger partial charge is 0.310 e. The molecule has 0 amide bonds. The van der Waals surface area contributed by atoms with Gasteiger partial charge in [0.15, 0.2) is 6.29 Å². The number of ether oxygens (including phenoxy) is 1. The van der Waals surface area contributed by atoms with Crippen LogP contribution >= 0.6 is 15.9 Å². The van der Waals surface area contributed by atoms with Gasteiger partial charge < -0.3 is 4.74 Å². The number of esters is 1. The Bertz CT molecular complexity index is 399. The summed E-state index contributed by atoms with van der Waals surface area (Å²) in [7, 11) is 1.34. The van der Waals surface area contributed by atoms with Gasteiger partial charge in [0.2, 0.25) is 0 Å². The summed E-state index contributed by atoms with van der Waals surface area (Å²) in [5.41, 5.74) is 2.30. The summed E-state index contributed by atoms with van der Waals surface area (Å²) in [4.78, 5) is 21.9. The van der Waals surface area contributed by atoms with E-state index in [9.17, 15) is 9.59 Å². The van der Waals surface area contributed by atoms with Gasteiger partial charge in [0.1, 0.15) is 0 Å². The van der Waals surface area contributed by atoms with Gasteiger partial charge in [-0.15, -0.1) is 0 Å². The van der Waals surface area contributed by atoms with Gasteiger partial charge >= 0.3 is 5.97 Å². The van der Waals surface area contributed by atoms with Gasteiger partial charge in [-0.2, -0.15) is 0 Å². The van der Waals surface area contributed by atoms with Gasteiger partial charge in [0.25, 0.3) is 0 Å². The van der Waals surface area contributed by atoms with E-state index < -0.39 is 0 Å². The Balaban J connectivity index is 3.15. The Kier molecular flexibility index (Phi) is 4.03. The third-order valence-electron chi connectivity index (χ3n) is 2.18. The molecule has 0 heterocycles. The Labute approximate surface area is 96.6 Å². The minimum Gasteiger partial charge on any atom is -0.469 e. The first-order valence-corrected chi connectivity index (χ1v) is 5.19. The average Bonchev–Trinajstić information content (AvgIpc) is 2.24. The van der Waals surface area contributed by atoms with Crippen molar-refractivity contribution in [3.05, 3.63) is 33.3 Å². The second kappa shape index (κ2) is 5.07.